The lowest BCUT2D eigenvalue weighted by molar-refractivity contribution is -0.159. The first-order valence-corrected chi connectivity index (χ1v) is 12.3. The Kier molecular flexibility index (Phi) is 10.4. The highest BCUT2D eigenvalue weighted by Gasteiger charge is 2.41. The smallest absolute Gasteiger partial charge is 0.349 e. The largest absolute Gasteiger partial charge is 0.478 e. The topological polar surface area (TPSA) is 177 Å². The van der Waals surface area contributed by atoms with E-state index in [2.05, 4.69) is 10.7 Å². The van der Waals surface area contributed by atoms with E-state index in [1.54, 1.807) is 0 Å². The number of hydrazine groups is 1. The van der Waals surface area contributed by atoms with Crippen molar-refractivity contribution in [2.45, 2.75) is 19.1 Å². The molecule has 0 heterocycles. The van der Waals surface area contributed by atoms with Crippen molar-refractivity contribution in [1.82, 2.24) is 10.9 Å². The second kappa shape index (κ2) is 13.9. The first kappa shape index (κ1) is 30.6. The van der Waals surface area contributed by atoms with Crippen LogP contribution in [0.1, 0.15) is 38.0 Å². The molecule has 0 aliphatic heterocycles. The molecule has 12 nitrogen and oxygen atoms in total. The summed E-state index contributed by atoms with van der Waals surface area (Å²) in [5, 5.41) is 12.2. The van der Waals surface area contributed by atoms with Crippen molar-refractivity contribution >= 4 is 64.5 Å². The van der Waals surface area contributed by atoms with Gasteiger partial charge in [0.25, 0.3) is 11.8 Å². The lowest BCUT2D eigenvalue weighted by atomic mass is 10.1. The molecule has 3 amide bonds. The summed E-state index contributed by atoms with van der Waals surface area (Å²) in [7, 11) is 0. The summed E-state index contributed by atoms with van der Waals surface area (Å²) in [6.07, 6.45) is -4.68. The second-order valence-electron chi connectivity index (χ2n) is 8.15. The first-order valence-electron chi connectivity index (χ1n) is 11.6. The fraction of sp³-hybridized carbons (Fsp3) is 0.111. The molecule has 0 radical (unpaired) electrons. The van der Waals surface area contributed by atoms with Gasteiger partial charge in [0.1, 0.15) is 0 Å². The van der Waals surface area contributed by atoms with Crippen LogP contribution in [0.15, 0.2) is 72.8 Å². The fourth-order valence-corrected chi connectivity index (χ4v) is 3.70. The molecule has 212 valence electrons. The van der Waals surface area contributed by atoms with Gasteiger partial charge in [-0.2, -0.15) is 0 Å². The number of rotatable bonds is 9. The lowest BCUT2D eigenvalue weighted by Gasteiger charge is -2.24. The Labute approximate surface area is 242 Å². The molecule has 0 unspecified atom stereocenters. The van der Waals surface area contributed by atoms with Crippen LogP contribution in [0.25, 0.3) is 0 Å². The number of hydrogen-bond donors (Lipinski definition) is 4. The number of anilines is 1. The number of carbonyl (C=O) groups is 6. The van der Waals surface area contributed by atoms with Crippen LogP contribution in [-0.4, -0.2) is 52.9 Å². The summed E-state index contributed by atoms with van der Waals surface area (Å²) in [4.78, 5) is 74.4. The summed E-state index contributed by atoms with van der Waals surface area (Å²) in [6, 6.07) is 16.7. The van der Waals surface area contributed by atoms with Crippen LogP contribution in [0.4, 0.5) is 5.69 Å². The van der Waals surface area contributed by atoms with Gasteiger partial charge >= 0.3 is 17.9 Å². The van der Waals surface area contributed by atoms with Crippen molar-refractivity contribution in [2.75, 3.05) is 5.32 Å². The van der Waals surface area contributed by atoms with Gasteiger partial charge in [-0.05, 0) is 48.5 Å². The van der Waals surface area contributed by atoms with Gasteiger partial charge in [0.2, 0.25) is 18.1 Å². The third kappa shape index (κ3) is 8.27. The summed E-state index contributed by atoms with van der Waals surface area (Å²) < 4.78 is 10.2. The number of carboxylic acid groups (broad SMARTS) is 1. The molecule has 0 saturated heterocycles. The predicted molar refractivity (Wildman–Crippen MR) is 145 cm³/mol. The van der Waals surface area contributed by atoms with E-state index in [0.29, 0.717) is 5.69 Å². The van der Waals surface area contributed by atoms with E-state index in [9.17, 15) is 33.9 Å². The SMILES string of the molecule is CC(=O)Nc1ccc(C(=O)NNC(=O)[C@H](OC(=O)c2ccccc2Cl)[C@H](OC(=O)c2ccccc2Cl)C(=O)O)cc1. The maximum Gasteiger partial charge on any atom is 0.349 e. The normalized spacial score (nSPS) is 11.8. The molecule has 4 N–H and O–H groups in total. The van der Waals surface area contributed by atoms with Crippen molar-refractivity contribution in [3.8, 4) is 0 Å². The van der Waals surface area contributed by atoms with Gasteiger partial charge < -0.3 is 19.9 Å². The molecule has 0 spiro atoms. The number of amides is 3. The minimum atomic E-state index is -2.38. The molecule has 0 aliphatic rings. The Bertz CT molecular complexity index is 1500. The van der Waals surface area contributed by atoms with E-state index in [1.807, 2.05) is 5.43 Å². The third-order valence-electron chi connectivity index (χ3n) is 5.20. The quantitative estimate of drug-likeness (QED) is 0.212. The summed E-state index contributed by atoms with van der Waals surface area (Å²) in [6.45, 7) is 1.31. The van der Waals surface area contributed by atoms with Gasteiger partial charge in [0.15, 0.2) is 0 Å². The minimum Gasteiger partial charge on any atom is -0.478 e. The van der Waals surface area contributed by atoms with E-state index in [1.165, 1.54) is 79.7 Å². The van der Waals surface area contributed by atoms with Crippen LogP contribution >= 0.6 is 23.2 Å². The highest BCUT2D eigenvalue weighted by atomic mass is 35.5. The number of nitrogens with one attached hydrogen (secondary N) is 3. The van der Waals surface area contributed by atoms with Crippen LogP contribution < -0.4 is 16.2 Å². The molecule has 3 aromatic rings. The molecule has 0 bridgehead atoms. The molecule has 0 fully saturated rings. The van der Waals surface area contributed by atoms with Crippen molar-refractivity contribution in [3.05, 3.63) is 99.5 Å². The maximum absolute atomic E-state index is 13.1. The van der Waals surface area contributed by atoms with Gasteiger partial charge in [0.05, 0.1) is 21.2 Å². The van der Waals surface area contributed by atoms with E-state index in [4.69, 9.17) is 32.7 Å². The predicted octanol–water partition coefficient (Wildman–Crippen LogP) is 3.25. The van der Waals surface area contributed by atoms with Gasteiger partial charge in [-0.3, -0.25) is 25.2 Å². The van der Waals surface area contributed by atoms with Crippen molar-refractivity contribution in [2.24, 2.45) is 0 Å². The minimum absolute atomic E-state index is 0.0453. The Morgan fingerprint density at radius 2 is 1.20 bits per heavy atom. The lowest BCUT2D eigenvalue weighted by Crippen LogP contribution is -2.54. The standard InChI is InChI=1S/C27H21Cl2N3O9/c1-14(33)30-16-12-10-15(11-13-16)23(34)31-32-24(35)21(40-26(38)17-6-2-4-8-19(17)28)22(25(36)37)41-27(39)18-7-3-5-9-20(18)29/h2-13,21-22H,1H3,(H,30,33)(H,31,34)(H,32,35)(H,36,37)/t21-,22+/m1/s1. The maximum atomic E-state index is 13.1. The first-order chi connectivity index (χ1) is 19.5. The monoisotopic (exact) mass is 601 g/mol. The van der Waals surface area contributed by atoms with Crippen LogP contribution in [0, 0.1) is 0 Å². The van der Waals surface area contributed by atoms with E-state index in [0.717, 1.165) is 0 Å². The van der Waals surface area contributed by atoms with E-state index < -0.39 is 41.9 Å². The number of aliphatic carboxylic acids is 1. The van der Waals surface area contributed by atoms with Crippen LogP contribution in [0.2, 0.25) is 10.0 Å². The van der Waals surface area contributed by atoms with Crippen LogP contribution in [0.3, 0.4) is 0 Å². The molecule has 0 saturated carbocycles. The fourth-order valence-electron chi connectivity index (χ4n) is 3.28. The zero-order valence-corrected chi connectivity index (χ0v) is 22.6. The molecule has 3 aromatic carbocycles. The number of benzene rings is 3. The molecule has 0 aromatic heterocycles. The zero-order valence-electron chi connectivity index (χ0n) is 21.1. The van der Waals surface area contributed by atoms with Crippen LogP contribution in [-0.2, 0) is 23.9 Å². The number of carboxylic acids is 1. The Balaban J connectivity index is 1.84. The zero-order chi connectivity index (χ0) is 30.1. The number of ether oxygens (including phenoxy) is 2. The number of esters is 2. The summed E-state index contributed by atoms with van der Waals surface area (Å²) in [5.41, 5.74) is 4.04. The molecule has 0 aliphatic carbocycles. The molecule has 41 heavy (non-hydrogen) atoms. The molecule has 2 atom stereocenters. The number of halogens is 2. The van der Waals surface area contributed by atoms with Gasteiger partial charge in [-0.15, -0.1) is 0 Å². The Morgan fingerprint density at radius 3 is 1.66 bits per heavy atom. The van der Waals surface area contributed by atoms with Gasteiger partial charge in [-0.25, -0.2) is 14.4 Å². The third-order valence-corrected chi connectivity index (χ3v) is 5.86. The van der Waals surface area contributed by atoms with Gasteiger partial charge in [-0.1, -0.05) is 47.5 Å². The number of carbonyl (C=O) groups excluding carboxylic acids is 5. The summed E-state index contributed by atoms with van der Waals surface area (Å²) in [5.74, 6) is -6.81. The molecule has 3 rings (SSSR count). The van der Waals surface area contributed by atoms with E-state index >= 15 is 0 Å². The molecular weight excluding hydrogens is 581 g/mol. The average molecular weight is 602 g/mol. The number of hydrogen-bond acceptors (Lipinski definition) is 8. The van der Waals surface area contributed by atoms with Crippen molar-refractivity contribution in [1.29, 1.82) is 0 Å². The highest BCUT2D eigenvalue weighted by molar-refractivity contribution is 6.34. The van der Waals surface area contributed by atoms with E-state index in [-0.39, 0.29) is 32.6 Å². The summed E-state index contributed by atoms with van der Waals surface area (Å²) >= 11 is 12.0. The van der Waals surface area contributed by atoms with Crippen molar-refractivity contribution < 1.29 is 43.3 Å². The molecular formula is C27H21Cl2N3O9. The molecule has 14 heteroatoms. The Hall–Kier alpha value is -4.94. The average Bonchev–Trinajstić information content (AvgIpc) is 2.93. The Morgan fingerprint density at radius 1 is 0.707 bits per heavy atom. The highest BCUT2D eigenvalue weighted by Crippen LogP contribution is 2.21. The second-order valence-corrected chi connectivity index (χ2v) is 8.97. The van der Waals surface area contributed by atoms with Gasteiger partial charge in [0, 0.05) is 18.2 Å². The van der Waals surface area contributed by atoms with Crippen LogP contribution in [0.5, 0.6) is 0 Å². The van der Waals surface area contributed by atoms with Crippen molar-refractivity contribution in [3.63, 3.8) is 0 Å².